The van der Waals surface area contributed by atoms with Crippen LogP contribution in [0, 0.1) is 6.92 Å². The monoisotopic (exact) mass is 669 g/mol. The number of aryl methyl sites for hydroxylation is 1. The number of anilines is 1. The number of nitrogens with zero attached hydrogens (tertiary/aromatic N) is 2. The third-order valence-electron chi connectivity index (χ3n) is 8.67. The lowest BCUT2D eigenvalue weighted by atomic mass is 10.0. The number of sulfonamides is 1. The molecule has 9 nitrogen and oxygen atoms in total. The molecule has 1 N–H and O–H groups in total. The molecule has 0 spiro atoms. The lowest BCUT2D eigenvalue weighted by Crippen LogP contribution is -2.54. The minimum Gasteiger partial charge on any atom is -0.493 e. The number of para-hydroxylation sites is 1. The van der Waals surface area contributed by atoms with Gasteiger partial charge >= 0.3 is 0 Å². The number of carbonyl (C=O) groups is 2. The Morgan fingerprint density at radius 2 is 1.46 bits per heavy atom. The first-order chi connectivity index (χ1) is 23.2. The van der Waals surface area contributed by atoms with E-state index in [0.717, 1.165) is 46.7 Å². The molecule has 0 saturated heterocycles. The molecule has 2 amide bonds. The number of amides is 2. The fraction of sp³-hybridized carbons (Fsp3) is 0.316. The summed E-state index contributed by atoms with van der Waals surface area (Å²) >= 11 is 0. The zero-order valence-corrected chi connectivity index (χ0v) is 28.5. The van der Waals surface area contributed by atoms with Crippen LogP contribution in [-0.4, -0.2) is 58.0 Å². The molecule has 0 aromatic heterocycles. The Labute approximate surface area is 283 Å². The van der Waals surface area contributed by atoms with E-state index in [1.165, 1.54) is 37.3 Å². The van der Waals surface area contributed by atoms with Crippen LogP contribution in [0.5, 0.6) is 11.5 Å². The van der Waals surface area contributed by atoms with E-state index in [-0.39, 0.29) is 35.6 Å². The van der Waals surface area contributed by atoms with Gasteiger partial charge in [-0.2, -0.15) is 0 Å². The van der Waals surface area contributed by atoms with Crippen molar-refractivity contribution < 1.29 is 27.5 Å². The summed E-state index contributed by atoms with van der Waals surface area (Å²) < 4.78 is 40.5. The largest absolute Gasteiger partial charge is 0.493 e. The Hall–Kier alpha value is -4.83. The van der Waals surface area contributed by atoms with Crippen molar-refractivity contribution in [1.29, 1.82) is 0 Å². The highest BCUT2D eigenvalue weighted by Gasteiger charge is 2.36. The van der Waals surface area contributed by atoms with Crippen LogP contribution in [0.2, 0.25) is 0 Å². The number of hydrogen-bond donors (Lipinski definition) is 1. The first-order valence-corrected chi connectivity index (χ1v) is 17.6. The average molecular weight is 670 g/mol. The van der Waals surface area contributed by atoms with Crippen LogP contribution in [0.4, 0.5) is 5.69 Å². The molecular formula is C38H43N3O6S. The second kappa shape index (κ2) is 15.8. The Bertz CT molecular complexity index is 1790. The molecule has 5 rings (SSSR count). The molecule has 1 fully saturated rings. The number of hydrogen-bond acceptors (Lipinski definition) is 6. The molecule has 0 bridgehead atoms. The van der Waals surface area contributed by atoms with Gasteiger partial charge in [0.05, 0.1) is 24.8 Å². The van der Waals surface area contributed by atoms with Crippen LogP contribution in [0.3, 0.4) is 0 Å². The molecule has 4 aromatic carbocycles. The summed E-state index contributed by atoms with van der Waals surface area (Å²) in [4.78, 5) is 30.3. The maximum absolute atomic E-state index is 14.7. The van der Waals surface area contributed by atoms with Gasteiger partial charge in [0.25, 0.3) is 10.0 Å². The van der Waals surface area contributed by atoms with Crippen molar-refractivity contribution >= 4 is 27.5 Å². The highest BCUT2D eigenvalue weighted by Crippen LogP contribution is 2.32. The average Bonchev–Trinajstić information content (AvgIpc) is 3.62. The maximum Gasteiger partial charge on any atom is 0.264 e. The summed E-state index contributed by atoms with van der Waals surface area (Å²) in [6.07, 6.45) is 4.13. The molecule has 1 aliphatic carbocycles. The number of methoxy groups -OCH3 is 2. The lowest BCUT2D eigenvalue weighted by molar-refractivity contribution is -0.140. The second-order valence-corrected chi connectivity index (χ2v) is 13.9. The zero-order chi connectivity index (χ0) is 34.1. The summed E-state index contributed by atoms with van der Waals surface area (Å²) in [5, 5.41) is 3.21. The van der Waals surface area contributed by atoms with Gasteiger partial charge in [-0.15, -0.1) is 0 Å². The number of nitrogens with one attached hydrogen (secondary N) is 1. The number of rotatable bonds is 14. The van der Waals surface area contributed by atoms with E-state index < -0.39 is 28.5 Å². The summed E-state index contributed by atoms with van der Waals surface area (Å²) in [6, 6.07) is 29.3. The van der Waals surface area contributed by atoms with E-state index in [1.54, 1.807) is 30.3 Å². The summed E-state index contributed by atoms with van der Waals surface area (Å²) in [6.45, 7) is 1.56. The van der Waals surface area contributed by atoms with E-state index in [2.05, 4.69) is 5.32 Å². The molecule has 10 heteroatoms. The third kappa shape index (κ3) is 8.36. The van der Waals surface area contributed by atoms with E-state index in [9.17, 15) is 18.0 Å². The molecule has 1 atom stereocenters. The van der Waals surface area contributed by atoms with E-state index >= 15 is 0 Å². The first-order valence-electron chi connectivity index (χ1n) is 16.2. The van der Waals surface area contributed by atoms with Crippen molar-refractivity contribution in [2.75, 3.05) is 25.1 Å². The number of benzene rings is 4. The van der Waals surface area contributed by atoms with Crippen molar-refractivity contribution in [3.63, 3.8) is 0 Å². The topological polar surface area (TPSA) is 105 Å². The minimum absolute atomic E-state index is 0.0398. The van der Waals surface area contributed by atoms with E-state index in [4.69, 9.17) is 9.47 Å². The Balaban J connectivity index is 1.57. The smallest absolute Gasteiger partial charge is 0.264 e. The van der Waals surface area contributed by atoms with Gasteiger partial charge in [0.2, 0.25) is 11.8 Å². The van der Waals surface area contributed by atoms with Crippen molar-refractivity contribution in [3.05, 3.63) is 120 Å². The molecule has 1 saturated carbocycles. The fourth-order valence-corrected chi connectivity index (χ4v) is 7.59. The Morgan fingerprint density at radius 1 is 0.812 bits per heavy atom. The number of carbonyl (C=O) groups excluding carboxylic acids is 2. The molecule has 252 valence electrons. The normalized spacial score (nSPS) is 13.8. The van der Waals surface area contributed by atoms with Crippen molar-refractivity contribution in [2.45, 2.75) is 62.6 Å². The van der Waals surface area contributed by atoms with Crippen LogP contribution in [0.25, 0.3) is 0 Å². The standard InChI is InChI=1S/C38H43N3O6S/c1-28-13-12-16-30(23-28)26-40(34(24-29-14-6-4-7-15-29)38(43)39-31-17-10-11-18-31)37(42)27-41(32-19-8-5-9-20-32)48(44,45)33-21-22-35(46-2)36(25-33)47-3/h4-9,12-16,19-23,25,31,34H,10-11,17-18,24,26-27H2,1-3H3,(H,39,43)/t34-/m1/s1. The highest BCUT2D eigenvalue weighted by atomic mass is 32.2. The Morgan fingerprint density at radius 3 is 2.10 bits per heavy atom. The first kappa shape index (κ1) is 34.5. The van der Waals surface area contributed by atoms with Crippen molar-refractivity contribution in [2.24, 2.45) is 0 Å². The van der Waals surface area contributed by atoms with Crippen LogP contribution >= 0.6 is 0 Å². The predicted octanol–water partition coefficient (Wildman–Crippen LogP) is 5.91. The van der Waals surface area contributed by atoms with Gasteiger partial charge in [-0.3, -0.25) is 13.9 Å². The summed E-state index contributed by atoms with van der Waals surface area (Å²) in [5.41, 5.74) is 3.05. The van der Waals surface area contributed by atoms with Crippen LogP contribution in [0.15, 0.2) is 108 Å². The van der Waals surface area contributed by atoms with Crippen molar-refractivity contribution in [1.82, 2.24) is 10.2 Å². The molecule has 4 aromatic rings. The summed E-state index contributed by atoms with van der Waals surface area (Å²) in [7, 11) is -1.39. The molecule has 1 aliphatic rings. The summed E-state index contributed by atoms with van der Waals surface area (Å²) in [5.74, 6) is -0.140. The Kier molecular flexibility index (Phi) is 11.4. The van der Waals surface area contributed by atoms with Crippen LogP contribution < -0.4 is 19.1 Å². The predicted molar refractivity (Wildman–Crippen MR) is 187 cm³/mol. The lowest BCUT2D eigenvalue weighted by Gasteiger charge is -2.34. The van der Waals surface area contributed by atoms with Gasteiger partial charge in [0.1, 0.15) is 12.6 Å². The maximum atomic E-state index is 14.7. The molecule has 0 radical (unpaired) electrons. The van der Waals surface area contributed by atoms with Crippen LogP contribution in [0.1, 0.15) is 42.4 Å². The van der Waals surface area contributed by atoms with Crippen molar-refractivity contribution in [3.8, 4) is 11.5 Å². The van der Waals surface area contributed by atoms with Crippen LogP contribution in [-0.2, 0) is 32.6 Å². The van der Waals surface area contributed by atoms with Gasteiger partial charge in [0, 0.05) is 25.1 Å². The molecule has 0 aliphatic heterocycles. The quantitative estimate of drug-likeness (QED) is 0.179. The SMILES string of the molecule is COc1ccc(S(=O)(=O)N(CC(=O)N(Cc2cccc(C)c2)[C@H](Cc2ccccc2)C(=O)NC2CCCC2)c2ccccc2)cc1OC. The van der Waals surface area contributed by atoms with E-state index in [1.807, 2.05) is 61.5 Å². The van der Waals surface area contributed by atoms with E-state index in [0.29, 0.717) is 11.4 Å². The fourth-order valence-electron chi connectivity index (χ4n) is 6.16. The zero-order valence-electron chi connectivity index (χ0n) is 27.7. The molecule has 0 unspecified atom stereocenters. The van der Waals surface area contributed by atoms with Gasteiger partial charge in [-0.05, 0) is 55.2 Å². The van der Waals surface area contributed by atoms with Gasteiger partial charge < -0.3 is 19.7 Å². The molecule has 48 heavy (non-hydrogen) atoms. The van der Waals surface area contributed by atoms with Gasteiger partial charge in [-0.1, -0.05) is 91.2 Å². The highest BCUT2D eigenvalue weighted by molar-refractivity contribution is 7.92. The molecular weight excluding hydrogens is 627 g/mol. The second-order valence-electron chi connectivity index (χ2n) is 12.1. The van der Waals surface area contributed by atoms with Gasteiger partial charge in [0.15, 0.2) is 11.5 Å². The molecule has 0 heterocycles. The minimum atomic E-state index is -4.29. The number of ether oxygens (including phenoxy) is 2. The third-order valence-corrected chi connectivity index (χ3v) is 10.4. The van der Waals surface area contributed by atoms with Gasteiger partial charge in [-0.25, -0.2) is 8.42 Å².